The van der Waals surface area contributed by atoms with Crippen molar-refractivity contribution < 1.29 is 14.4 Å². The summed E-state index contributed by atoms with van der Waals surface area (Å²) in [7, 11) is 0. The number of amides is 2. The molecule has 0 radical (unpaired) electrons. The minimum Gasteiger partial charge on any atom is -0.349 e. The molecule has 0 bridgehead atoms. The predicted molar refractivity (Wildman–Crippen MR) is 61.7 cm³/mol. The highest BCUT2D eigenvalue weighted by Crippen LogP contribution is 2.40. The number of hydrogen-bond acceptors (Lipinski definition) is 3. The van der Waals surface area contributed by atoms with E-state index in [4.69, 9.17) is 10.6 Å². The summed E-state index contributed by atoms with van der Waals surface area (Å²) in [6.07, 6.45) is 5.56. The third kappa shape index (κ3) is 3.35. The highest BCUT2D eigenvalue weighted by Gasteiger charge is 2.36. The Morgan fingerprint density at radius 2 is 2.00 bits per heavy atom. The molecule has 1 unspecified atom stereocenters. The van der Waals surface area contributed by atoms with Crippen LogP contribution in [-0.4, -0.2) is 23.1 Å². The first-order valence-corrected chi connectivity index (χ1v) is 6.41. The lowest BCUT2D eigenvalue weighted by atomic mass is 9.97. The zero-order valence-electron chi connectivity index (χ0n) is 10.2. The topological polar surface area (TPSA) is 72.6 Å². The lowest BCUT2D eigenvalue weighted by molar-refractivity contribution is -0.179. The maximum atomic E-state index is 11.7. The van der Waals surface area contributed by atoms with Gasteiger partial charge in [0, 0.05) is 0 Å². The maximum Gasteiger partial charge on any atom is 0.348 e. The van der Waals surface area contributed by atoms with Crippen molar-refractivity contribution in [3.05, 3.63) is 0 Å². The van der Waals surface area contributed by atoms with Crippen LogP contribution >= 0.6 is 0 Å². The van der Waals surface area contributed by atoms with Crippen molar-refractivity contribution in [1.82, 2.24) is 5.06 Å². The molecule has 0 aliphatic heterocycles. The van der Waals surface area contributed by atoms with E-state index in [9.17, 15) is 9.59 Å². The van der Waals surface area contributed by atoms with Gasteiger partial charge in [-0.25, -0.2) is 9.59 Å². The van der Waals surface area contributed by atoms with Crippen molar-refractivity contribution in [2.75, 3.05) is 0 Å². The second kappa shape index (κ2) is 4.94. The molecule has 96 valence electrons. The number of rotatable bonds is 5. The molecule has 0 saturated heterocycles. The van der Waals surface area contributed by atoms with Crippen LogP contribution in [0.3, 0.4) is 0 Å². The number of urea groups is 1. The molecule has 2 amide bonds. The maximum absolute atomic E-state index is 11.7. The van der Waals surface area contributed by atoms with Crippen molar-refractivity contribution >= 4 is 12.0 Å². The fourth-order valence-corrected chi connectivity index (χ4v) is 2.18. The van der Waals surface area contributed by atoms with Crippen molar-refractivity contribution in [2.24, 2.45) is 17.6 Å². The van der Waals surface area contributed by atoms with Crippen molar-refractivity contribution in [2.45, 2.75) is 51.5 Å². The summed E-state index contributed by atoms with van der Waals surface area (Å²) in [6.45, 7) is 2.09. The van der Waals surface area contributed by atoms with Crippen molar-refractivity contribution in [3.8, 4) is 0 Å². The van der Waals surface area contributed by atoms with Crippen LogP contribution in [0.4, 0.5) is 4.79 Å². The van der Waals surface area contributed by atoms with E-state index in [2.05, 4.69) is 6.92 Å². The van der Waals surface area contributed by atoms with Crippen LogP contribution in [0.2, 0.25) is 0 Å². The van der Waals surface area contributed by atoms with Crippen molar-refractivity contribution in [1.29, 1.82) is 0 Å². The van der Waals surface area contributed by atoms with Gasteiger partial charge in [0.2, 0.25) is 0 Å². The van der Waals surface area contributed by atoms with Gasteiger partial charge in [0.1, 0.15) is 0 Å². The van der Waals surface area contributed by atoms with Gasteiger partial charge < -0.3 is 10.6 Å². The van der Waals surface area contributed by atoms with E-state index in [0.717, 1.165) is 24.3 Å². The number of carbonyl (C=O) groups is 2. The Morgan fingerprint density at radius 3 is 2.41 bits per heavy atom. The van der Waals surface area contributed by atoms with Gasteiger partial charge in [-0.15, -0.1) is 0 Å². The minimum atomic E-state index is -0.666. The van der Waals surface area contributed by atoms with Crippen LogP contribution in [0.15, 0.2) is 0 Å². The Labute approximate surface area is 101 Å². The van der Waals surface area contributed by atoms with Crippen LogP contribution in [0.25, 0.3) is 0 Å². The second-order valence-electron chi connectivity index (χ2n) is 5.07. The highest BCUT2D eigenvalue weighted by atomic mass is 16.7. The van der Waals surface area contributed by atoms with Crippen LogP contribution < -0.4 is 5.73 Å². The molecule has 2 N–H and O–H groups in total. The van der Waals surface area contributed by atoms with E-state index >= 15 is 0 Å². The van der Waals surface area contributed by atoms with E-state index < -0.39 is 6.03 Å². The molecule has 1 atom stereocenters. The molecule has 5 heteroatoms. The summed E-state index contributed by atoms with van der Waals surface area (Å²) in [6, 6.07) is -0.655. The van der Waals surface area contributed by atoms with E-state index in [0.29, 0.717) is 18.3 Å². The second-order valence-corrected chi connectivity index (χ2v) is 5.07. The van der Waals surface area contributed by atoms with Crippen LogP contribution in [0.5, 0.6) is 0 Å². The summed E-state index contributed by atoms with van der Waals surface area (Å²) in [5.41, 5.74) is 5.17. The Balaban J connectivity index is 1.80. The average molecular weight is 240 g/mol. The summed E-state index contributed by atoms with van der Waals surface area (Å²) in [5.74, 6) is 0.751. The number of hydroxylamine groups is 2. The van der Waals surface area contributed by atoms with Gasteiger partial charge in [0.25, 0.3) is 0 Å². The third-order valence-corrected chi connectivity index (χ3v) is 3.54. The lowest BCUT2D eigenvalue weighted by Gasteiger charge is -2.20. The van der Waals surface area contributed by atoms with Crippen LogP contribution in [0.1, 0.15) is 45.4 Å². The highest BCUT2D eigenvalue weighted by molar-refractivity contribution is 5.76. The molecular formula is C12H20N2O3. The number of primary amides is 1. The average Bonchev–Trinajstić information content (AvgIpc) is 3.14. The molecule has 2 aliphatic rings. The van der Waals surface area contributed by atoms with E-state index in [1.54, 1.807) is 0 Å². The predicted octanol–water partition coefficient (Wildman–Crippen LogP) is 1.81. The SMILES string of the molecule is CCC(CC(=O)ON(C(N)=O)C1CC1)C1CC1. The first-order valence-electron chi connectivity index (χ1n) is 6.41. The summed E-state index contributed by atoms with van der Waals surface area (Å²) in [4.78, 5) is 27.9. The van der Waals surface area contributed by atoms with E-state index in [1.807, 2.05) is 0 Å². The zero-order chi connectivity index (χ0) is 12.4. The Kier molecular flexibility index (Phi) is 3.54. The molecule has 2 aliphatic carbocycles. The third-order valence-electron chi connectivity index (χ3n) is 3.54. The molecular weight excluding hydrogens is 220 g/mol. The Bertz CT molecular complexity index is 311. The molecule has 2 fully saturated rings. The number of nitrogens with zero attached hydrogens (tertiary/aromatic N) is 1. The molecule has 0 spiro atoms. The number of hydrogen-bond donors (Lipinski definition) is 1. The molecule has 17 heavy (non-hydrogen) atoms. The van der Waals surface area contributed by atoms with Crippen molar-refractivity contribution in [3.63, 3.8) is 0 Å². The number of nitrogens with two attached hydrogens (primary N) is 1. The largest absolute Gasteiger partial charge is 0.349 e. The van der Waals surface area contributed by atoms with Gasteiger partial charge >= 0.3 is 12.0 Å². The number of carbonyl (C=O) groups excluding carboxylic acids is 2. The monoisotopic (exact) mass is 240 g/mol. The van der Waals surface area contributed by atoms with Crippen LogP contribution in [0, 0.1) is 11.8 Å². The first kappa shape index (κ1) is 12.2. The molecule has 2 rings (SSSR count). The zero-order valence-corrected chi connectivity index (χ0v) is 10.2. The summed E-state index contributed by atoms with van der Waals surface area (Å²) in [5, 5.41) is 1.04. The minimum absolute atomic E-state index is 0.0115. The van der Waals surface area contributed by atoms with E-state index in [1.165, 1.54) is 12.8 Å². The van der Waals surface area contributed by atoms with Gasteiger partial charge in [0.15, 0.2) is 0 Å². The molecule has 0 heterocycles. The van der Waals surface area contributed by atoms with E-state index in [-0.39, 0.29) is 12.0 Å². The van der Waals surface area contributed by atoms with Gasteiger partial charge in [-0.05, 0) is 37.5 Å². The fraction of sp³-hybridized carbons (Fsp3) is 0.833. The van der Waals surface area contributed by atoms with Crippen LogP contribution in [-0.2, 0) is 9.63 Å². The first-order chi connectivity index (χ1) is 8.11. The Hall–Kier alpha value is -1.26. The molecule has 5 nitrogen and oxygen atoms in total. The smallest absolute Gasteiger partial charge is 0.348 e. The summed E-state index contributed by atoms with van der Waals surface area (Å²) >= 11 is 0. The van der Waals surface area contributed by atoms with Gasteiger partial charge in [0.05, 0.1) is 12.5 Å². The molecule has 0 aromatic heterocycles. The Morgan fingerprint density at radius 1 is 1.35 bits per heavy atom. The quantitative estimate of drug-likeness (QED) is 0.745. The van der Waals surface area contributed by atoms with Gasteiger partial charge in [-0.1, -0.05) is 13.3 Å². The normalized spacial score (nSPS) is 20.8. The van der Waals surface area contributed by atoms with Gasteiger partial charge in [-0.2, -0.15) is 5.06 Å². The van der Waals surface area contributed by atoms with Gasteiger partial charge in [-0.3, -0.25) is 0 Å². The molecule has 0 aromatic carbocycles. The molecule has 2 saturated carbocycles. The molecule has 0 aromatic rings. The standard InChI is InChI=1S/C12H20N2O3/c1-2-8(9-3-4-9)7-11(15)17-14(12(13)16)10-5-6-10/h8-10H,2-7H2,1H3,(H2,13,16). The summed E-state index contributed by atoms with van der Waals surface area (Å²) < 4.78 is 0. The lowest BCUT2D eigenvalue weighted by Crippen LogP contribution is -2.39. The fourth-order valence-electron chi connectivity index (χ4n) is 2.18.